The maximum absolute atomic E-state index is 12.0. The van der Waals surface area contributed by atoms with Crippen LogP contribution in [0.4, 0.5) is 11.6 Å². The van der Waals surface area contributed by atoms with Crippen molar-refractivity contribution in [3.8, 4) is 0 Å². The monoisotopic (exact) mass is 287 g/mol. The molecule has 0 saturated carbocycles. The Hall–Kier alpha value is -2.24. The molecule has 1 aliphatic heterocycles. The van der Waals surface area contributed by atoms with E-state index in [0.717, 1.165) is 37.0 Å². The van der Waals surface area contributed by atoms with Gasteiger partial charge in [0.1, 0.15) is 0 Å². The number of amides is 1. The maximum atomic E-state index is 12.0. The molecule has 1 fully saturated rings. The van der Waals surface area contributed by atoms with Gasteiger partial charge in [-0.2, -0.15) is 0 Å². The fraction of sp³-hybridized carbons (Fsp3) is 0.467. The lowest BCUT2D eigenvalue weighted by Crippen LogP contribution is -2.36. The second-order valence-electron chi connectivity index (χ2n) is 5.48. The van der Waals surface area contributed by atoms with Gasteiger partial charge in [-0.25, -0.2) is 4.98 Å². The lowest BCUT2D eigenvalue weighted by Gasteiger charge is -2.26. The number of nitrogen functional groups attached to an aromatic ring is 1. The number of nitrogens with one attached hydrogen (secondary N) is 2. The van der Waals surface area contributed by atoms with Crippen LogP contribution in [0.15, 0.2) is 18.2 Å². The number of carbonyl (C=O) groups is 1. The molecule has 1 saturated heterocycles. The lowest BCUT2D eigenvalue weighted by molar-refractivity contribution is -0.131. The number of hydrogen-bond acceptors (Lipinski definition) is 4. The standard InChI is InChI=1S/C15H21N5O/c16-11-4-5-12-13(10-11)19-15(18-12)17-7-6-14(21)20-8-2-1-3-9-20/h4-5,10H,1-3,6-9,16H2,(H2,17,18,19). The number of H-pyrrole nitrogens is 1. The van der Waals surface area contributed by atoms with E-state index in [0.29, 0.717) is 24.6 Å². The molecule has 1 aromatic carbocycles. The summed E-state index contributed by atoms with van der Waals surface area (Å²) < 4.78 is 0. The number of imidazole rings is 1. The normalized spacial score (nSPS) is 15.3. The molecule has 0 unspecified atom stereocenters. The van der Waals surface area contributed by atoms with Crippen molar-refractivity contribution in [2.75, 3.05) is 30.7 Å². The summed E-state index contributed by atoms with van der Waals surface area (Å²) in [5.41, 5.74) is 8.22. The predicted molar refractivity (Wildman–Crippen MR) is 84.0 cm³/mol. The van der Waals surface area contributed by atoms with E-state index in [-0.39, 0.29) is 5.91 Å². The number of hydrogen-bond donors (Lipinski definition) is 3. The summed E-state index contributed by atoms with van der Waals surface area (Å²) >= 11 is 0. The van der Waals surface area contributed by atoms with Crippen LogP contribution in [0, 0.1) is 0 Å². The van der Waals surface area contributed by atoms with E-state index in [4.69, 9.17) is 5.73 Å². The van der Waals surface area contributed by atoms with Crippen molar-refractivity contribution in [3.05, 3.63) is 18.2 Å². The molecule has 6 nitrogen and oxygen atoms in total. The summed E-state index contributed by atoms with van der Waals surface area (Å²) in [4.78, 5) is 21.6. The van der Waals surface area contributed by atoms with Crippen LogP contribution in [0.2, 0.25) is 0 Å². The molecule has 112 valence electrons. The molecule has 0 bridgehead atoms. The molecule has 2 heterocycles. The average molecular weight is 287 g/mol. The predicted octanol–water partition coefficient (Wildman–Crippen LogP) is 1.96. The smallest absolute Gasteiger partial charge is 0.224 e. The van der Waals surface area contributed by atoms with E-state index in [1.165, 1.54) is 6.42 Å². The average Bonchev–Trinajstić information content (AvgIpc) is 2.89. The molecule has 1 aliphatic rings. The zero-order valence-electron chi connectivity index (χ0n) is 12.1. The highest BCUT2D eigenvalue weighted by Gasteiger charge is 2.15. The molecule has 0 radical (unpaired) electrons. The van der Waals surface area contributed by atoms with Crippen molar-refractivity contribution in [1.82, 2.24) is 14.9 Å². The molecule has 3 rings (SSSR count). The minimum absolute atomic E-state index is 0.225. The van der Waals surface area contributed by atoms with Crippen LogP contribution in [0.1, 0.15) is 25.7 Å². The topological polar surface area (TPSA) is 87.0 Å². The highest BCUT2D eigenvalue weighted by molar-refractivity contribution is 5.81. The van der Waals surface area contributed by atoms with E-state index < -0.39 is 0 Å². The van der Waals surface area contributed by atoms with E-state index in [1.807, 2.05) is 23.1 Å². The summed E-state index contributed by atoms with van der Waals surface area (Å²) in [6.45, 7) is 2.40. The van der Waals surface area contributed by atoms with Gasteiger partial charge in [-0.3, -0.25) is 4.79 Å². The Morgan fingerprint density at radius 1 is 1.33 bits per heavy atom. The van der Waals surface area contributed by atoms with Crippen LogP contribution >= 0.6 is 0 Å². The first-order valence-electron chi connectivity index (χ1n) is 7.49. The molecule has 1 aromatic heterocycles. The largest absolute Gasteiger partial charge is 0.399 e. The minimum atomic E-state index is 0.225. The second-order valence-corrected chi connectivity index (χ2v) is 5.48. The Labute approximate surface area is 123 Å². The molecule has 6 heteroatoms. The van der Waals surface area contributed by atoms with Gasteiger partial charge in [0, 0.05) is 31.7 Å². The Balaban J connectivity index is 1.53. The van der Waals surface area contributed by atoms with Gasteiger partial charge in [0.05, 0.1) is 11.0 Å². The van der Waals surface area contributed by atoms with Crippen molar-refractivity contribution in [2.45, 2.75) is 25.7 Å². The number of likely N-dealkylation sites (tertiary alicyclic amines) is 1. The quantitative estimate of drug-likeness (QED) is 0.750. The van der Waals surface area contributed by atoms with Crippen LogP contribution in [-0.2, 0) is 4.79 Å². The van der Waals surface area contributed by atoms with Gasteiger partial charge in [-0.15, -0.1) is 0 Å². The summed E-state index contributed by atoms with van der Waals surface area (Å²) in [7, 11) is 0. The first kappa shape index (κ1) is 13.7. The summed E-state index contributed by atoms with van der Waals surface area (Å²) in [5.74, 6) is 0.907. The Morgan fingerprint density at radius 2 is 2.14 bits per heavy atom. The third-order valence-electron chi connectivity index (χ3n) is 3.85. The molecule has 0 atom stereocenters. The minimum Gasteiger partial charge on any atom is -0.399 e. The van der Waals surface area contributed by atoms with Gasteiger partial charge in [0.25, 0.3) is 0 Å². The van der Waals surface area contributed by atoms with Crippen LogP contribution in [-0.4, -0.2) is 40.4 Å². The van der Waals surface area contributed by atoms with Crippen LogP contribution in [0.3, 0.4) is 0 Å². The van der Waals surface area contributed by atoms with Crippen molar-refractivity contribution in [2.24, 2.45) is 0 Å². The number of aromatic nitrogens is 2. The Kier molecular flexibility index (Phi) is 3.94. The Bertz CT molecular complexity index is 630. The van der Waals surface area contributed by atoms with Crippen molar-refractivity contribution >= 4 is 28.6 Å². The molecule has 0 spiro atoms. The first-order chi connectivity index (χ1) is 10.2. The SMILES string of the molecule is Nc1ccc2nc(NCCC(=O)N3CCCCC3)[nH]c2c1. The summed E-state index contributed by atoms with van der Waals surface area (Å²) in [6.07, 6.45) is 4.00. The van der Waals surface area contributed by atoms with Crippen LogP contribution < -0.4 is 11.1 Å². The fourth-order valence-electron chi connectivity index (χ4n) is 2.70. The summed E-state index contributed by atoms with van der Waals surface area (Å²) in [6, 6.07) is 5.56. The van der Waals surface area contributed by atoms with Gasteiger partial charge in [-0.05, 0) is 37.5 Å². The number of piperidine rings is 1. The maximum Gasteiger partial charge on any atom is 0.224 e. The number of carbonyl (C=O) groups excluding carboxylic acids is 1. The van der Waals surface area contributed by atoms with Crippen LogP contribution in [0.5, 0.6) is 0 Å². The second kappa shape index (κ2) is 6.03. The van der Waals surface area contributed by atoms with Crippen molar-refractivity contribution in [1.29, 1.82) is 0 Å². The Morgan fingerprint density at radius 3 is 2.95 bits per heavy atom. The van der Waals surface area contributed by atoms with E-state index >= 15 is 0 Å². The molecule has 21 heavy (non-hydrogen) atoms. The zero-order chi connectivity index (χ0) is 14.7. The van der Waals surface area contributed by atoms with Gasteiger partial charge < -0.3 is 20.9 Å². The lowest BCUT2D eigenvalue weighted by atomic mass is 10.1. The number of nitrogens with zero attached hydrogens (tertiary/aromatic N) is 2. The van der Waals surface area contributed by atoms with Gasteiger partial charge in [0.2, 0.25) is 11.9 Å². The number of benzene rings is 1. The first-order valence-corrected chi connectivity index (χ1v) is 7.49. The highest BCUT2D eigenvalue weighted by Crippen LogP contribution is 2.17. The zero-order valence-corrected chi connectivity index (χ0v) is 12.1. The fourth-order valence-corrected chi connectivity index (χ4v) is 2.70. The number of aromatic amines is 1. The van der Waals surface area contributed by atoms with Crippen molar-refractivity contribution < 1.29 is 4.79 Å². The van der Waals surface area contributed by atoms with Gasteiger partial charge in [-0.1, -0.05) is 0 Å². The number of rotatable bonds is 4. The molecular formula is C15H21N5O. The number of fused-ring (bicyclic) bond motifs is 1. The molecule has 1 amide bonds. The molecule has 2 aromatic rings. The summed E-state index contributed by atoms with van der Waals surface area (Å²) in [5, 5.41) is 3.17. The highest BCUT2D eigenvalue weighted by atomic mass is 16.2. The molecule has 0 aliphatic carbocycles. The van der Waals surface area contributed by atoms with E-state index in [1.54, 1.807) is 0 Å². The molecular weight excluding hydrogens is 266 g/mol. The van der Waals surface area contributed by atoms with Gasteiger partial charge >= 0.3 is 0 Å². The number of anilines is 2. The third kappa shape index (κ3) is 3.26. The van der Waals surface area contributed by atoms with E-state index in [2.05, 4.69) is 15.3 Å². The molecule has 4 N–H and O–H groups in total. The van der Waals surface area contributed by atoms with Gasteiger partial charge in [0.15, 0.2) is 0 Å². The third-order valence-corrected chi connectivity index (χ3v) is 3.85. The van der Waals surface area contributed by atoms with Crippen molar-refractivity contribution in [3.63, 3.8) is 0 Å². The van der Waals surface area contributed by atoms with Crippen LogP contribution in [0.25, 0.3) is 11.0 Å². The van der Waals surface area contributed by atoms with E-state index in [9.17, 15) is 4.79 Å². The number of nitrogens with two attached hydrogens (primary N) is 1.